The number of carbonyl (C=O) groups excluding carboxylic acids is 3. The van der Waals surface area contributed by atoms with Crippen molar-refractivity contribution in [3.63, 3.8) is 0 Å². The number of amides is 3. The second-order valence-corrected chi connectivity index (χ2v) is 23.9. The van der Waals surface area contributed by atoms with E-state index in [4.69, 9.17) is 31.0 Å². The molecule has 0 unspecified atom stereocenters. The van der Waals surface area contributed by atoms with Gasteiger partial charge in [-0.3, -0.25) is 44.7 Å². The van der Waals surface area contributed by atoms with E-state index in [0.717, 1.165) is 34.9 Å². The van der Waals surface area contributed by atoms with Crippen LogP contribution in [0, 0.1) is 30.3 Å². The van der Waals surface area contributed by atoms with Crippen molar-refractivity contribution in [1.82, 2.24) is 19.6 Å². The number of carboxylic acid groups (broad SMARTS) is 1. The van der Waals surface area contributed by atoms with E-state index in [1.54, 1.807) is 74.3 Å². The van der Waals surface area contributed by atoms with Gasteiger partial charge >= 0.3 is 31.9 Å². The molecule has 28 heteroatoms. The number of carbonyl (C=O) groups is 4. The zero-order chi connectivity index (χ0) is 69.3. The minimum absolute atomic E-state index is 0. The molecule has 0 saturated carbocycles. The van der Waals surface area contributed by atoms with Gasteiger partial charge in [-0.25, -0.2) is 4.79 Å². The summed E-state index contributed by atoms with van der Waals surface area (Å²) in [5, 5.41) is 47.8. The van der Waals surface area contributed by atoms with Crippen molar-refractivity contribution in [3.05, 3.63) is 200 Å². The number of carboxylic acids is 1. The van der Waals surface area contributed by atoms with E-state index < -0.39 is 20.7 Å². The van der Waals surface area contributed by atoms with Crippen LogP contribution in [-0.4, -0.2) is 167 Å². The first-order valence-corrected chi connectivity index (χ1v) is 28.9. The number of aliphatic hydroxyl groups is 1. The summed E-state index contributed by atoms with van der Waals surface area (Å²) >= 11 is 5.96. The molecule has 0 spiro atoms. The Morgan fingerprint density at radius 3 is 1.24 bits per heavy atom. The summed E-state index contributed by atoms with van der Waals surface area (Å²) in [4.78, 5) is 82.0. The molecule has 0 aliphatic carbocycles. The smallest absolute Gasteiger partial charge is 1.00 e. The summed E-state index contributed by atoms with van der Waals surface area (Å²) in [6.07, 6.45) is 0. The van der Waals surface area contributed by atoms with Gasteiger partial charge in [0.15, 0.2) is 17.4 Å². The number of hydrogen-bond donors (Lipinski definition) is 4. The Morgan fingerprint density at radius 2 is 0.934 bits per heavy atom. The van der Waals surface area contributed by atoms with Crippen molar-refractivity contribution in [1.29, 1.82) is 0 Å². The van der Waals surface area contributed by atoms with Gasteiger partial charge < -0.3 is 52.0 Å². The van der Waals surface area contributed by atoms with Crippen LogP contribution in [0.3, 0.4) is 0 Å². The van der Waals surface area contributed by atoms with Crippen molar-refractivity contribution < 1.29 is 73.8 Å². The Balaban J connectivity index is -0.000000498. The zero-order valence-electron chi connectivity index (χ0n) is 56.2. The number of nitrogens with zero attached hydrogens (tertiary/aromatic N) is 7. The molecule has 3 amide bonds. The molecule has 6 rings (SSSR count). The maximum Gasteiger partial charge on any atom is 1.00 e. The normalized spacial score (nSPS) is 11.8. The number of nitrogens with two attached hydrogens (primary N) is 2. The number of anilines is 2. The summed E-state index contributed by atoms with van der Waals surface area (Å²) in [7, 11) is 13.9. The zero-order valence-corrected chi connectivity index (χ0v) is 58.4. The Hall–Kier alpha value is -7.01. The number of benzene rings is 5. The standard InChI is InChI=1S/C12H14N2O3.C12H16N2O.C12H20N2.C9H17BO2.C9H9BrN2O3.C7H4BrNO4.C2H6O.Al.Li.4H/c1-8(2)10-7-9(12(15)13(3)4)5-6-11(10)14(16)17;1-8(2)10-7-9(5-6-11(10)13)12(15)14(3)4;1-9(2)11-7-10(8-14(3)4)5-6-12(11)13;1-7(2)10-11-8(3,4)9(5,6)12-10;1-11(2)9(13)6-3-4-8(12(14)15)7(10)5-6;8-5-3-4(7(10)11)1-2-6(5)9(12)13;1-2-3;;;;;;/h5-7H,1H2,2-4H3;5-7H,1,13H2,2-4H3;5-7,9H,8,13H2,1-4H3;1H2,2-6H3;3-5H,1-2H3;1-3H,(H,10,11);3H,2H2,1H3;;;;;;/q;;;;;;;;+1;;;;-1. The summed E-state index contributed by atoms with van der Waals surface area (Å²) in [5.41, 5.74) is 20.2. The molecule has 0 atom stereocenters. The molecule has 5 aromatic carbocycles. The van der Waals surface area contributed by atoms with E-state index in [-0.39, 0.29) is 107 Å². The minimum Gasteiger partial charge on any atom is -1.00 e. The van der Waals surface area contributed by atoms with Crippen LogP contribution in [0.2, 0.25) is 0 Å². The molecule has 1 aliphatic rings. The number of aliphatic hydroxyl groups excluding tert-OH is 1. The molecule has 1 aliphatic heterocycles. The molecule has 492 valence electrons. The van der Waals surface area contributed by atoms with E-state index >= 15 is 0 Å². The fourth-order valence-corrected chi connectivity index (χ4v) is 8.26. The van der Waals surface area contributed by atoms with Crippen molar-refractivity contribution in [2.24, 2.45) is 0 Å². The van der Waals surface area contributed by atoms with Gasteiger partial charge in [-0.05, 0) is 190 Å². The number of nitro benzene ring substituents is 3. The molecule has 1 saturated heterocycles. The molecule has 91 heavy (non-hydrogen) atoms. The van der Waals surface area contributed by atoms with Crippen LogP contribution < -0.4 is 30.3 Å². The van der Waals surface area contributed by atoms with Crippen molar-refractivity contribution in [3.8, 4) is 0 Å². The van der Waals surface area contributed by atoms with E-state index in [0.29, 0.717) is 43.9 Å². The second-order valence-electron chi connectivity index (χ2n) is 22.2. The van der Waals surface area contributed by atoms with Crippen molar-refractivity contribution in [2.75, 3.05) is 74.5 Å². The Bertz CT molecular complexity index is 3360. The largest absolute Gasteiger partial charge is 1.00 e. The van der Waals surface area contributed by atoms with Crippen LogP contribution >= 0.6 is 31.9 Å². The summed E-state index contributed by atoms with van der Waals surface area (Å²) < 4.78 is 11.9. The number of hydrogen-bond acceptors (Lipinski definition) is 16. The number of allylic oxidation sites excluding steroid dienone is 3. The molecule has 6 N–H and O–H groups in total. The maximum absolute atomic E-state index is 11.7. The first kappa shape index (κ1) is 88.2. The van der Waals surface area contributed by atoms with E-state index in [1.807, 2.05) is 47.6 Å². The van der Waals surface area contributed by atoms with Crippen LogP contribution in [0.1, 0.15) is 140 Å². The molecule has 0 radical (unpaired) electrons. The molecule has 0 aromatic heterocycles. The molecule has 0 bridgehead atoms. The minimum atomic E-state index is -1.12. The van der Waals surface area contributed by atoms with Gasteiger partial charge in [-0.2, -0.15) is 0 Å². The second kappa shape index (κ2) is 40.8. The van der Waals surface area contributed by atoms with Gasteiger partial charge in [-0.15, -0.1) is 6.58 Å². The van der Waals surface area contributed by atoms with Gasteiger partial charge in [0.05, 0.1) is 46.0 Å². The third-order valence-corrected chi connectivity index (χ3v) is 13.9. The maximum atomic E-state index is 11.7. The SMILES string of the molecule is C=C(C)B1OC(C)(C)C(C)(C)O1.C=C(C)c1cc(C(=O)N(C)C)ccc1N.C=C(C)c1cc(C(=O)N(C)C)ccc1[N+](=O)[O-].CC(C)c1cc(CN(C)C)ccc1N.CCO.CN(C)C(=O)c1ccc([N+](=O)[O-])c(Br)c1.O=C(O)c1ccc([N+](=O)[O-])c(Br)c1.[AlH3].[H-].[Li+]. The average Bonchev–Trinajstić information content (AvgIpc) is 1.63. The first-order valence-electron chi connectivity index (χ1n) is 27.3. The first-order chi connectivity index (χ1) is 40.9. The van der Waals surface area contributed by atoms with Crippen LogP contribution in [0.4, 0.5) is 28.4 Å². The van der Waals surface area contributed by atoms with E-state index in [1.165, 1.54) is 74.4 Å². The number of nitro groups is 3. The Morgan fingerprint density at radius 1 is 0.604 bits per heavy atom. The molecule has 5 aromatic rings. The van der Waals surface area contributed by atoms with Crippen LogP contribution in [0.15, 0.2) is 125 Å². The quantitative estimate of drug-likeness (QED) is 0.0369. The van der Waals surface area contributed by atoms with Gasteiger partial charge in [0.25, 0.3) is 34.8 Å². The van der Waals surface area contributed by atoms with Gasteiger partial charge in [-0.1, -0.05) is 44.6 Å². The van der Waals surface area contributed by atoms with Crippen molar-refractivity contribution in [2.45, 2.75) is 92.9 Å². The van der Waals surface area contributed by atoms with Crippen LogP contribution in [0.5, 0.6) is 0 Å². The number of aromatic carboxylic acids is 1. The molecular formula is C63H90AlBBr2LiN9O14. The number of rotatable bonds is 13. The van der Waals surface area contributed by atoms with Crippen LogP contribution in [-0.2, 0) is 15.9 Å². The average molecular weight is 1400 g/mol. The summed E-state index contributed by atoms with van der Waals surface area (Å²) in [5.74, 6) is -1.03. The third kappa shape index (κ3) is 29.0. The summed E-state index contributed by atoms with van der Waals surface area (Å²) in [6, 6.07) is 23.6. The molecular weight excluding hydrogens is 1310 g/mol. The monoisotopic (exact) mass is 1400 g/mol. The van der Waals surface area contributed by atoms with Gasteiger partial charge in [0, 0.05) is 107 Å². The fraction of sp³-hybridized carbons (Fsp3) is 0.365. The number of nitrogen functional groups attached to an aromatic ring is 2. The summed E-state index contributed by atoms with van der Waals surface area (Å²) in [6.45, 7) is 32.2. The molecule has 1 heterocycles. The van der Waals surface area contributed by atoms with E-state index in [2.05, 4.69) is 96.6 Å². The van der Waals surface area contributed by atoms with E-state index in [9.17, 15) is 49.5 Å². The van der Waals surface area contributed by atoms with Gasteiger partial charge in [0.2, 0.25) is 0 Å². The third-order valence-electron chi connectivity index (χ3n) is 12.6. The Kier molecular flexibility index (Phi) is 39.5. The predicted octanol–water partition coefficient (Wildman–Crippen LogP) is 9.03. The van der Waals surface area contributed by atoms with Crippen molar-refractivity contribution >= 4 is 120 Å². The number of halogens is 2. The van der Waals surface area contributed by atoms with Crippen LogP contribution in [0.25, 0.3) is 11.1 Å². The van der Waals surface area contributed by atoms with Gasteiger partial charge in [0.1, 0.15) is 0 Å². The Labute approximate surface area is 576 Å². The predicted molar refractivity (Wildman–Crippen MR) is 373 cm³/mol. The molecule has 1 fully saturated rings. The fourth-order valence-electron chi connectivity index (χ4n) is 7.21. The molecule has 23 nitrogen and oxygen atoms in total. The topological polar surface area (TPSA) is 322 Å².